The van der Waals surface area contributed by atoms with Crippen molar-refractivity contribution >= 4 is 5.91 Å². The van der Waals surface area contributed by atoms with Crippen LogP contribution in [0.15, 0.2) is 35.1 Å². The van der Waals surface area contributed by atoms with E-state index in [1.165, 1.54) is 17.5 Å². The molecule has 0 N–H and O–H groups in total. The minimum atomic E-state index is -0.119. The predicted octanol–water partition coefficient (Wildman–Crippen LogP) is 3.85. The molecule has 2 fully saturated rings. The highest BCUT2D eigenvalue weighted by Gasteiger charge is 2.32. The van der Waals surface area contributed by atoms with Crippen molar-refractivity contribution in [3.05, 3.63) is 53.2 Å². The van der Waals surface area contributed by atoms with Gasteiger partial charge in [0.05, 0.1) is 0 Å². The molecule has 25 heavy (non-hydrogen) atoms. The normalized spacial score (nSPS) is 21.6. The Morgan fingerprint density at radius 3 is 2.72 bits per heavy atom. The quantitative estimate of drug-likeness (QED) is 0.851. The highest BCUT2D eigenvalue weighted by atomic mass is 16.5. The van der Waals surface area contributed by atoms with Gasteiger partial charge in [0.15, 0.2) is 17.8 Å². The van der Waals surface area contributed by atoms with Crippen LogP contribution in [0.25, 0.3) is 0 Å². The van der Waals surface area contributed by atoms with E-state index >= 15 is 0 Å². The van der Waals surface area contributed by atoms with E-state index in [0.29, 0.717) is 17.4 Å². The number of aromatic nitrogens is 1. The number of hydrogen-bond acceptors (Lipinski definition) is 4. The molecule has 0 bridgehead atoms. The SMILES string of the molecule is Cc1ccccc1C1CCN(C(=O)c2ncoc2[C@@H]2CCCO2)CC1. The number of nitrogens with zero attached hydrogens (tertiary/aromatic N) is 2. The number of aryl methyl sites for hydroxylation is 1. The maximum absolute atomic E-state index is 12.9. The van der Waals surface area contributed by atoms with Gasteiger partial charge in [-0.25, -0.2) is 4.98 Å². The summed E-state index contributed by atoms with van der Waals surface area (Å²) in [6.45, 7) is 4.41. The molecule has 3 heterocycles. The van der Waals surface area contributed by atoms with Crippen LogP contribution in [0.5, 0.6) is 0 Å². The van der Waals surface area contributed by atoms with Gasteiger partial charge in [-0.15, -0.1) is 0 Å². The van der Waals surface area contributed by atoms with Crippen LogP contribution in [0, 0.1) is 6.92 Å². The van der Waals surface area contributed by atoms with Gasteiger partial charge < -0.3 is 14.1 Å². The first-order valence-electron chi connectivity index (χ1n) is 9.14. The zero-order chi connectivity index (χ0) is 17.2. The summed E-state index contributed by atoms with van der Waals surface area (Å²) in [6, 6.07) is 8.55. The number of rotatable bonds is 3. The molecular formula is C20H24N2O3. The molecule has 0 aliphatic carbocycles. The molecule has 1 amide bonds. The summed E-state index contributed by atoms with van der Waals surface area (Å²) in [4.78, 5) is 19.0. The Kier molecular flexibility index (Phi) is 4.57. The predicted molar refractivity (Wildman–Crippen MR) is 93.5 cm³/mol. The number of benzene rings is 1. The van der Waals surface area contributed by atoms with Crippen LogP contribution in [0.3, 0.4) is 0 Å². The molecular weight excluding hydrogens is 316 g/mol. The third-order valence-electron chi connectivity index (χ3n) is 5.43. The van der Waals surface area contributed by atoms with Crippen molar-refractivity contribution in [3.8, 4) is 0 Å². The standard InChI is InChI=1S/C20H24N2O3/c1-14-5-2-3-6-16(14)15-8-10-22(11-9-15)20(23)18-19(25-13-21-18)17-7-4-12-24-17/h2-3,5-6,13,15,17H,4,7-12H2,1H3/t17-/m0/s1. The van der Waals surface area contributed by atoms with Crippen LogP contribution >= 0.6 is 0 Å². The molecule has 2 aliphatic rings. The Morgan fingerprint density at radius 1 is 1.20 bits per heavy atom. The lowest BCUT2D eigenvalue weighted by Crippen LogP contribution is -2.38. The van der Waals surface area contributed by atoms with Gasteiger partial charge in [-0.2, -0.15) is 0 Å². The summed E-state index contributed by atoms with van der Waals surface area (Å²) in [5.74, 6) is 1.10. The highest BCUT2D eigenvalue weighted by molar-refractivity contribution is 5.93. The molecule has 1 aromatic carbocycles. The van der Waals surface area contributed by atoms with Gasteiger partial charge in [0, 0.05) is 19.7 Å². The topological polar surface area (TPSA) is 55.6 Å². The number of hydrogen-bond donors (Lipinski definition) is 0. The molecule has 4 rings (SSSR count). The number of piperidine rings is 1. The fraction of sp³-hybridized carbons (Fsp3) is 0.500. The molecule has 1 aromatic heterocycles. The van der Waals surface area contributed by atoms with Gasteiger partial charge in [-0.05, 0) is 49.7 Å². The molecule has 5 heteroatoms. The Labute approximate surface area is 148 Å². The smallest absolute Gasteiger partial charge is 0.276 e. The van der Waals surface area contributed by atoms with Crippen LogP contribution in [-0.2, 0) is 4.74 Å². The van der Waals surface area contributed by atoms with E-state index in [0.717, 1.165) is 45.4 Å². The summed E-state index contributed by atoms with van der Waals surface area (Å²) in [7, 11) is 0. The van der Waals surface area contributed by atoms with Gasteiger partial charge in [0.1, 0.15) is 6.10 Å². The molecule has 0 saturated carbocycles. The molecule has 132 valence electrons. The minimum absolute atomic E-state index is 0.0255. The van der Waals surface area contributed by atoms with Crippen LogP contribution in [0.1, 0.15) is 65.1 Å². The lowest BCUT2D eigenvalue weighted by Gasteiger charge is -2.32. The largest absolute Gasteiger partial charge is 0.445 e. The monoisotopic (exact) mass is 340 g/mol. The van der Waals surface area contributed by atoms with Gasteiger partial charge in [0.2, 0.25) is 0 Å². The molecule has 2 aliphatic heterocycles. The average Bonchev–Trinajstić information content (AvgIpc) is 3.33. The first-order valence-corrected chi connectivity index (χ1v) is 9.14. The lowest BCUT2D eigenvalue weighted by atomic mass is 9.87. The van der Waals surface area contributed by atoms with Crippen molar-refractivity contribution < 1.29 is 13.9 Å². The molecule has 5 nitrogen and oxygen atoms in total. The lowest BCUT2D eigenvalue weighted by molar-refractivity contribution is 0.0677. The van der Waals surface area contributed by atoms with Gasteiger partial charge in [0.25, 0.3) is 5.91 Å². The van der Waals surface area contributed by atoms with Crippen LogP contribution in [-0.4, -0.2) is 35.5 Å². The second kappa shape index (κ2) is 7.00. The zero-order valence-electron chi connectivity index (χ0n) is 14.6. The minimum Gasteiger partial charge on any atom is -0.445 e. The van der Waals surface area contributed by atoms with Crippen molar-refractivity contribution in [1.82, 2.24) is 9.88 Å². The first kappa shape index (κ1) is 16.3. The van der Waals surface area contributed by atoms with E-state index in [1.807, 2.05) is 4.90 Å². The van der Waals surface area contributed by atoms with Gasteiger partial charge in [-0.1, -0.05) is 24.3 Å². The number of oxazole rings is 1. The summed E-state index contributed by atoms with van der Waals surface area (Å²) < 4.78 is 11.1. The van der Waals surface area contributed by atoms with Crippen molar-refractivity contribution in [2.24, 2.45) is 0 Å². The summed E-state index contributed by atoms with van der Waals surface area (Å²) >= 11 is 0. The maximum Gasteiger partial charge on any atom is 0.276 e. The first-order chi connectivity index (χ1) is 12.2. The van der Waals surface area contributed by atoms with Crippen LogP contribution in [0.4, 0.5) is 0 Å². The number of amides is 1. The Morgan fingerprint density at radius 2 is 2.00 bits per heavy atom. The molecule has 2 saturated heterocycles. The van der Waals surface area contributed by atoms with E-state index in [9.17, 15) is 4.79 Å². The Bertz CT molecular complexity index is 741. The van der Waals surface area contributed by atoms with Crippen molar-refractivity contribution in [2.75, 3.05) is 19.7 Å². The second-order valence-corrected chi connectivity index (χ2v) is 6.99. The van der Waals surface area contributed by atoms with E-state index < -0.39 is 0 Å². The molecule has 2 aromatic rings. The molecule has 0 spiro atoms. The number of carbonyl (C=O) groups is 1. The highest BCUT2D eigenvalue weighted by Crippen LogP contribution is 2.33. The fourth-order valence-electron chi connectivity index (χ4n) is 4.02. The van der Waals surface area contributed by atoms with Gasteiger partial charge in [-0.3, -0.25) is 4.79 Å². The maximum atomic E-state index is 12.9. The Hall–Kier alpha value is -2.14. The van der Waals surface area contributed by atoms with E-state index in [4.69, 9.17) is 9.15 Å². The number of ether oxygens (including phenoxy) is 1. The second-order valence-electron chi connectivity index (χ2n) is 6.99. The number of likely N-dealkylation sites (tertiary alicyclic amines) is 1. The van der Waals surface area contributed by atoms with E-state index in [1.54, 1.807) is 0 Å². The van der Waals surface area contributed by atoms with Crippen LogP contribution in [0.2, 0.25) is 0 Å². The van der Waals surface area contributed by atoms with Crippen molar-refractivity contribution in [3.63, 3.8) is 0 Å². The molecule has 0 unspecified atom stereocenters. The summed E-state index contributed by atoms with van der Waals surface area (Å²) in [6.07, 6.45) is 5.12. The Balaban J connectivity index is 1.44. The molecule has 0 radical (unpaired) electrons. The summed E-state index contributed by atoms with van der Waals surface area (Å²) in [5, 5.41) is 0. The third kappa shape index (κ3) is 3.21. The van der Waals surface area contributed by atoms with Crippen LogP contribution < -0.4 is 0 Å². The van der Waals surface area contributed by atoms with E-state index in [2.05, 4.69) is 36.2 Å². The zero-order valence-corrected chi connectivity index (χ0v) is 14.6. The third-order valence-corrected chi connectivity index (χ3v) is 5.43. The number of carbonyl (C=O) groups excluding carboxylic acids is 1. The van der Waals surface area contributed by atoms with E-state index in [-0.39, 0.29) is 12.0 Å². The fourth-order valence-corrected chi connectivity index (χ4v) is 4.02. The average molecular weight is 340 g/mol. The molecule has 1 atom stereocenters. The van der Waals surface area contributed by atoms with Crippen molar-refractivity contribution in [1.29, 1.82) is 0 Å². The van der Waals surface area contributed by atoms with Crippen molar-refractivity contribution in [2.45, 2.75) is 44.6 Å². The summed E-state index contributed by atoms with van der Waals surface area (Å²) in [5.41, 5.74) is 3.18. The van der Waals surface area contributed by atoms with Gasteiger partial charge >= 0.3 is 0 Å².